The number of hydrogen-bond donors (Lipinski definition) is 1. The molecule has 148 valence electrons. The number of likely N-dealkylation sites (tertiary alicyclic amines) is 1. The molecule has 0 aromatic heterocycles. The molecule has 1 aromatic carbocycles. The molecule has 0 bridgehead atoms. The summed E-state index contributed by atoms with van der Waals surface area (Å²) in [5.74, 6) is 0.721. The van der Waals surface area contributed by atoms with Gasteiger partial charge in [-0.2, -0.15) is 0 Å². The zero-order valence-corrected chi connectivity index (χ0v) is 16.4. The molecule has 3 rings (SSSR count). The van der Waals surface area contributed by atoms with Crippen LogP contribution >= 0.6 is 0 Å². The number of carbonyl (C=O) groups is 2. The topological polar surface area (TPSA) is 61.9 Å². The predicted octanol–water partition coefficient (Wildman–Crippen LogP) is 2.36. The molecular formula is C21H31N3O3. The molecular weight excluding hydrogens is 342 g/mol. The summed E-state index contributed by atoms with van der Waals surface area (Å²) < 4.78 is 5.38. The first-order valence-corrected chi connectivity index (χ1v) is 9.91. The molecule has 2 saturated heterocycles. The van der Waals surface area contributed by atoms with Crippen molar-refractivity contribution in [1.82, 2.24) is 9.80 Å². The largest absolute Gasteiger partial charge is 0.381 e. The van der Waals surface area contributed by atoms with Crippen LogP contribution < -0.4 is 5.32 Å². The van der Waals surface area contributed by atoms with E-state index in [0.717, 1.165) is 31.7 Å². The molecule has 6 heteroatoms. The standard InChI is InChI=1S/C21H31N3O3/c1-23(2)20(26)21(22-18-6-4-3-5-7-18)10-12-24(13-11-21)19(25)16-17-8-14-27-15-9-17/h3-7,17,22H,8-16H2,1-2H3. The first kappa shape index (κ1) is 19.7. The number of anilines is 1. The Morgan fingerprint density at radius 3 is 2.37 bits per heavy atom. The first-order chi connectivity index (χ1) is 13.0. The number of benzene rings is 1. The average Bonchev–Trinajstić information content (AvgIpc) is 2.69. The zero-order chi connectivity index (χ0) is 19.3. The Labute approximate surface area is 161 Å². The summed E-state index contributed by atoms with van der Waals surface area (Å²) in [6.45, 7) is 2.75. The molecule has 2 heterocycles. The van der Waals surface area contributed by atoms with E-state index in [-0.39, 0.29) is 11.8 Å². The van der Waals surface area contributed by atoms with Crippen molar-refractivity contribution in [3.8, 4) is 0 Å². The maximum Gasteiger partial charge on any atom is 0.247 e. The molecule has 1 N–H and O–H groups in total. The van der Waals surface area contributed by atoms with Crippen LogP contribution in [0.1, 0.15) is 32.1 Å². The van der Waals surface area contributed by atoms with Crippen LogP contribution in [0.25, 0.3) is 0 Å². The fourth-order valence-electron chi connectivity index (χ4n) is 4.08. The van der Waals surface area contributed by atoms with E-state index in [9.17, 15) is 9.59 Å². The van der Waals surface area contributed by atoms with E-state index in [4.69, 9.17) is 4.74 Å². The lowest BCUT2D eigenvalue weighted by molar-refractivity contribution is -0.140. The highest BCUT2D eigenvalue weighted by Crippen LogP contribution is 2.30. The van der Waals surface area contributed by atoms with Gasteiger partial charge in [0, 0.05) is 52.5 Å². The van der Waals surface area contributed by atoms with E-state index < -0.39 is 5.54 Å². The monoisotopic (exact) mass is 373 g/mol. The van der Waals surface area contributed by atoms with Gasteiger partial charge in [0.25, 0.3) is 0 Å². The second kappa shape index (κ2) is 8.74. The van der Waals surface area contributed by atoms with E-state index >= 15 is 0 Å². The van der Waals surface area contributed by atoms with Crippen LogP contribution in [0, 0.1) is 5.92 Å². The molecule has 1 aromatic rings. The summed E-state index contributed by atoms with van der Waals surface area (Å²) in [5.41, 5.74) is 0.287. The van der Waals surface area contributed by atoms with Crippen molar-refractivity contribution >= 4 is 17.5 Å². The third-order valence-electron chi connectivity index (χ3n) is 5.75. The molecule has 0 unspecified atom stereocenters. The van der Waals surface area contributed by atoms with Crippen LogP contribution in [0.5, 0.6) is 0 Å². The number of nitrogens with one attached hydrogen (secondary N) is 1. The number of piperidine rings is 1. The van der Waals surface area contributed by atoms with Gasteiger partial charge in [-0.05, 0) is 43.7 Å². The lowest BCUT2D eigenvalue weighted by atomic mass is 9.85. The second-order valence-electron chi connectivity index (χ2n) is 7.91. The first-order valence-electron chi connectivity index (χ1n) is 9.91. The fourth-order valence-corrected chi connectivity index (χ4v) is 4.08. The number of amides is 2. The van der Waals surface area contributed by atoms with E-state index in [2.05, 4.69) is 5.32 Å². The number of likely N-dealkylation sites (N-methyl/N-ethyl adjacent to an activating group) is 1. The van der Waals surface area contributed by atoms with Crippen LogP contribution in [-0.2, 0) is 14.3 Å². The molecule has 0 aliphatic carbocycles. The minimum atomic E-state index is -0.652. The van der Waals surface area contributed by atoms with Crippen molar-refractivity contribution in [2.75, 3.05) is 45.7 Å². The van der Waals surface area contributed by atoms with Gasteiger partial charge in [-0.3, -0.25) is 9.59 Å². The molecule has 27 heavy (non-hydrogen) atoms. The second-order valence-corrected chi connectivity index (χ2v) is 7.91. The molecule has 2 fully saturated rings. The van der Waals surface area contributed by atoms with E-state index in [1.165, 1.54) is 0 Å². The lowest BCUT2D eigenvalue weighted by Gasteiger charge is -2.43. The maximum absolute atomic E-state index is 13.0. The van der Waals surface area contributed by atoms with Gasteiger partial charge < -0.3 is 19.9 Å². The van der Waals surface area contributed by atoms with Gasteiger partial charge in [-0.25, -0.2) is 0 Å². The molecule has 2 amide bonds. The molecule has 0 saturated carbocycles. The summed E-state index contributed by atoms with van der Waals surface area (Å²) in [7, 11) is 3.58. The van der Waals surface area contributed by atoms with Crippen molar-refractivity contribution in [1.29, 1.82) is 0 Å². The van der Waals surface area contributed by atoms with E-state index in [1.807, 2.05) is 35.2 Å². The number of rotatable bonds is 5. The van der Waals surface area contributed by atoms with Crippen molar-refractivity contribution in [3.05, 3.63) is 30.3 Å². The molecule has 0 spiro atoms. The van der Waals surface area contributed by atoms with Crippen LogP contribution in [0.4, 0.5) is 5.69 Å². The predicted molar refractivity (Wildman–Crippen MR) is 105 cm³/mol. The SMILES string of the molecule is CN(C)C(=O)C1(Nc2ccccc2)CCN(C(=O)CC2CCOCC2)CC1. The van der Waals surface area contributed by atoms with Gasteiger partial charge in [0.05, 0.1) is 0 Å². The third-order valence-corrected chi connectivity index (χ3v) is 5.75. The zero-order valence-electron chi connectivity index (χ0n) is 16.4. The van der Waals surface area contributed by atoms with Crippen molar-refractivity contribution in [3.63, 3.8) is 0 Å². The Morgan fingerprint density at radius 1 is 1.15 bits per heavy atom. The Balaban J connectivity index is 1.64. The molecule has 2 aliphatic rings. The average molecular weight is 373 g/mol. The lowest BCUT2D eigenvalue weighted by Crippen LogP contribution is -2.58. The van der Waals surface area contributed by atoms with E-state index in [1.54, 1.807) is 19.0 Å². The highest BCUT2D eigenvalue weighted by Gasteiger charge is 2.43. The van der Waals surface area contributed by atoms with Crippen LogP contribution in [0.2, 0.25) is 0 Å². The smallest absolute Gasteiger partial charge is 0.247 e. The molecule has 0 atom stereocenters. The van der Waals surface area contributed by atoms with Crippen molar-refractivity contribution in [2.45, 2.75) is 37.6 Å². The van der Waals surface area contributed by atoms with E-state index in [0.29, 0.717) is 38.3 Å². The third kappa shape index (κ3) is 4.80. The number of hydrogen-bond acceptors (Lipinski definition) is 4. The summed E-state index contributed by atoms with van der Waals surface area (Å²) in [5, 5.41) is 3.47. The minimum absolute atomic E-state index is 0.0721. The van der Waals surface area contributed by atoms with Gasteiger partial charge in [0.1, 0.15) is 5.54 Å². The van der Waals surface area contributed by atoms with Gasteiger partial charge >= 0.3 is 0 Å². The number of para-hydroxylation sites is 1. The maximum atomic E-state index is 13.0. The normalized spacial score (nSPS) is 20.1. The summed E-state index contributed by atoms with van der Waals surface area (Å²) >= 11 is 0. The summed E-state index contributed by atoms with van der Waals surface area (Å²) in [6.07, 6.45) is 3.79. The highest BCUT2D eigenvalue weighted by atomic mass is 16.5. The minimum Gasteiger partial charge on any atom is -0.381 e. The Bertz CT molecular complexity index is 633. The van der Waals surface area contributed by atoms with Crippen molar-refractivity contribution in [2.24, 2.45) is 5.92 Å². The number of nitrogens with zero attached hydrogens (tertiary/aromatic N) is 2. The molecule has 2 aliphatic heterocycles. The van der Waals surface area contributed by atoms with Crippen LogP contribution in [0.15, 0.2) is 30.3 Å². The van der Waals surface area contributed by atoms with Crippen molar-refractivity contribution < 1.29 is 14.3 Å². The molecule has 6 nitrogen and oxygen atoms in total. The highest BCUT2D eigenvalue weighted by molar-refractivity contribution is 5.89. The Hall–Kier alpha value is -2.08. The quantitative estimate of drug-likeness (QED) is 0.861. The van der Waals surface area contributed by atoms with Crippen LogP contribution in [-0.4, -0.2) is 67.6 Å². The van der Waals surface area contributed by atoms with Gasteiger partial charge in [0.15, 0.2) is 0 Å². The number of carbonyl (C=O) groups excluding carboxylic acids is 2. The Kier molecular flexibility index (Phi) is 6.37. The summed E-state index contributed by atoms with van der Waals surface area (Å²) in [4.78, 5) is 29.3. The van der Waals surface area contributed by atoms with Gasteiger partial charge in [-0.1, -0.05) is 18.2 Å². The van der Waals surface area contributed by atoms with Gasteiger partial charge in [-0.15, -0.1) is 0 Å². The summed E-state index contributed by atoms with van der Waals surface area (Å²) in [6, 6.07) is 9.84. The fraction of sp³-hybridized carbons (Fsp3) is 0.619. The van der Waals surface area contributed by atoms with Crippen LogP contribution in [0.3, 0.4) is 0 Å². The number of ether oxygens (including phenoxy) is 1. The van der Waals surface area contributed by atoms with Gasteiger partial charge in [0.2, 0.25) is 11.8 Å². The Morgan fingerprint density at radius 2 is 1.78 bits per heavy atom. The molecule has 0 radical (unpaired) electrons.